The highest BCUT2D eigenvalue weighted by Gasteiger charge is 2.38. The summed E-state index contributed by atoms with van der Waals surface area (Å²) in [6.45, 7) is 0. The molecule has 1 atom stereocenters. The van der Waals surface area contributed by atoms with Crippen LogP contribution < -0.4 is 4.90 Å². The second-order valence-electron chi connectivity index (χ2n) is 4.78. The van der Waals surface area contributed by atoms with Gasteiger partial charge in [0.15, 0.2) is 0 Å². The first-order chi connectivity index (χ1) is 11.6. The van der Waals surface area contributed by atoms with Crippen molar-refractivity contribution in [1.29, 1.82) is 0 Å². The number of carboxylic acids is 1. The Kier molecular flexibility index (Phi) is 4.68. The molecule has 6 nitrogen and oxygen atoms in total. The van der Waals surface area contributed by atoms with Crippen LogP contribution in [0, 0.1) is 0 Å². The number of thiocarbonyl (C=S) groups is 1. The van der Waals surface area contributed by atoms with E-state index in [0.29, 0.717) is 10.0 Å². The molecule has 0 saturated carbocycles. The molecule has 2 aromatic carbocycles. The van der Waals surface area contributed by atoms with Gasteiger partial charge in [0.1, 0.15) is 4.32 Å². The summed E-state index contributed by atoms with van der Waals surface area (Å²) >= 11 is 6.36. The van der Waals surface area contributed by atoms with E-state index >= 15 is 0 Å². The number of carbonyl (C=O) groups excluding carboxylic acids is 1. The van der Waals surface area contributed by atoms with Crippen LogP contribution in [-0.2, 0) is 4.79 Å². The molecule has 0 spiro atoms. The fourth-order valence-electron chi connectivity index (χ4n) is 2.14. The molecule has 0 aliphatic carbocycles. The summed E-state index contributed by atoms with van der Waals surface area (Å²) in [6.07, 6.45) is 0. The van der Waals surface area contributed by atoms with Gasteiger partial charge in [0.05, 0.1) is 16.9 Å². The van der Waals surface area contributed by atoms with E-state index in [-0.39, 0.29) is 17.2 Å². The van der Waals surface area contributed by atoms with Crippen molar-refractivity contribution in [3.05, 3.63) is 60.2 Å². The van der Waals surface area contributed by atoms with E-state index in [1.807, 2.05) is 18.2 Å². The summed E-state index contributed by atoms with van der Waals surface area (Å²) in [7, 11) is 0. The van der Waals surface area contributed by atoms with E-state index in [1.165, 1.54) is 17.0 Å². The van der Waals surface area contributed by atoms with Gasteiger partial charge in [0.25, 0.3) is 5.91 Å². The third-order valence-corrected chi connectivity index (χ3v) is 4.62. The molecule has 0 aromatic heterocycles. The minimum absolute atomic E-state index is 0.0270. The number of hydrogen-bond donors (Lipinski definition) is 1. The lowest BCUT2D eigenvalue weighted by molar-refractivity contribution is -0.116. The first kappa shape index (κ1) is 16.3. The number of azo groups is 1. The number of carboxylic acid groups (broad SMARTS) is 1. The number of benzene rings is 2. The van der Waals surface area contributed by atoms with E-state index in [4.69, 9.17) is 17.3 Å². The normalized spacial score (nSPS) is 17.7. The Morgan fingerprint density at radius 1 is 1.12 bits per heavy atom. The summed E-state index contributed by atoms with van der Waals surface area (Å²) in [6, 6.07) is 15.3. The van der Waals surface area contributed by atoms with Gasteiger partial charge in [0.2, 0.25) is 5.37 Å². The lowest BCUT2D eigenvalue weighted by Crippen LogP contribution is -2.30. The number of aromatic carboxylic acids is 1. The van der Waals surface area contributed by atoms with Crippen LogP contribution in [-0.4, -0.2) is 26.7 Å². The van der Waals surface area contributed by atoms with Gasteiger partial charge in [-0.05, 0) is 24.3 Å². The molecule has 0 bridgehead atoms. The van der Waals surface area contributed by atoms with E-state index < -0.39 is 11.3 Å². The Morgan fingerprint density at radius 3 is 2.50 bits per heavy atom. The Labute approximate surface area is 147 Å². The average Bonchev–Trinajstić information content (AvgIpc) is 2.87. The van der Waals surface area contributed by atoms with Crippen molar-refractivity contribution in [3.8, 4) is 0 Å². The molecule has 1 fully saturated rings. The molecule has 3 rings (SSSR count). The molecule has 0 radical (unpaired) electrons. The standard InChI is InChI=1S/C16H11N3O3S2/c20-14-13(18-17-12-9-5-4-8-11(12)15(21)22)24-16(23)19(14)10-6-2-1-3-7-10/h1-9,13H,(H,21,22)/t13-/m0/s1. The molecule has 1 N–H and O–H groups in total. The fourth-order valence-corrected chi connectivity index (χ4v) is 3.40. The largest absolute Gasteiger partial charge is 0.478 e. The molecule has 1 aliphatic rings. The quantitative estimate of drug-likeness (QED) is 0.664. The van der Waals surface area contributed by atoms with E-state index in [9.17, 15) is 9.59 Å². The highest BCUT2D eigenvalue weighted by atomic mass is 32.2. The maximum absolute atomic E-state index is 12.5. The summed E-state index contributed by atoms with van der Waals surface area (Å²) in [5.74, 6) is -1.40. The Hall–Kier alpha value is -2.58. The van der Waals surface area contributed by atoms with Crippen LogP contribution in [0.5, 0.6) is 0 Å². The predicted octanol–water partition coefficient (Wildman–Crippen LogP) is 3.86. The Bertz CT molecular complexity index is 839. The SMILES string of the molecule is O=C(O)c1ccccc1N=N[C@H]1SC(=S)N(c2ccccc2)C1=O. The number of carbonyl (C=O) groups is 2. The molecular weight excluding hydrogens is 346 g/mol. The molecule has 0 unspecified atom stereocenters. The van der Waals surface area contributed by atoms with E-state index in [2.05, 4.69) is 10.2 Å². The zero-order valence-electron chi connectivity index (χ0n) is 12.2. The van der Waals surface area contributed by atoms with Crippen molar-refractivity contribution < 1.29 is 14.7 Å². The van der Waals surface area contributed by atoms with Crippen molar-refractivity contribution in [2.75, 3.05) is 4.90 Å². The predicted molar refractivity (Wildman–Crippen MR) is 95.8 cm³/mol. The van der Waals surface area contributed by atoms with Gasteiger partial charge >= 0.3 is 5.97 Å². The smallest absolute Gasteiger partial charge is 0.337 e. The van der Waals surface area contributed by atoms with Gasteiger partial charge in [-0.25, -0.2) is 4.79 Å². The van der Waals surface area contributed by atoms with Gasteiger partial charge in [-0.2, -0.15) is 10.2 Å². The number of hydrogen-bond acceptors (Lipinski definition) is 6. The van der Waals surface area contributed by atoms with Crippen molar-refractivity contribution >= 4 is 51.6 Å². The maximum Gasteiger partial charge on any atom is 0.337 e. The van der Waals surface area contributed by atoms with Gasteiger partial charge in [-0.15, -0.1) is 0 Å². The molecule has 1 heterocycles. The van der Waals surface area contributed by atoms with Crippen LogP contribution >= 0.6 is 24.0 Å². The van der Waals surface area contributed by atoms with Crippen LogP contribution in [0.4, 0.5) is 11.4 Å². The van der Waals surface area contributed by atoms with E-state index in [0.717, 1.165) is 11.8 Å². The van der Waals surface area contributed by atoms with Crippen molar-refractivity contribution in [2.45, 2.75) is 5.37 Å². The third-order valence-electron chi connectivity index (χ3n) is 3.25. The van der Waals surface area contributed by atoms with Crippen molar-refractivity contribution in [3.63, 3.8) is 0 Å². The monoisotopic (exact) mass is 357 g/mol. The summed E-state index contributed by atoms with van der Waals surface area (Å²) in [5, 5.41) is 16.2. The number of rotatable bonds is 4. The highest BCUT2D eigenvalue weighted by Crippen LogP contribution is 2.33. The number of amides is 1. The number of anilines is 1. The molecule has 1 aliphatic heterocycles. The molecule has 24 heavy (non-hydrogen) atoms. The van der Waals surface area contributed by atoms with Gasteiger partial charge in [0, 0.05) is 0 Å². The molecule has 8 heteroatoms. The second kappa shape index (κ2) is 6.90. The van der Waals surface area contributed by atoms with Gasteiger partial charge in [-0.3, -0.25) is 9.69 Å². The van der Waals surface area contributed by atoms with Crippen LogP contribution in [0.15, 0.2) is 64.8 Å². The summed E-state index contributed by atoms with van der Waals surface area (Å²) < 4.78 is 0.390. The topological polar surface area (TPSA) is 82.3 Å². The molecule has 120 valence electrons. The second-order valence-corrected chi connectivity index (χ2v) is 6.50. The molecule has 1 saturated heterocycles. The Balaban J connectivity index is 1.84. The number of thioether (sulfide) groups is 1. The van der Waals surface area contributed by atoms with Gasteiger partial charge in [-0.1, -0.05) is 54.3 Å². The molecule has 1 amide bonds. The van der Waals surface area contributed by atoms with Crippen LogP contribution in [0.2, 0.25) is 0 Å². The minimum atomic E-state index is -1.10. The Morgan fingerprint density at radius 2 is 1.79 bits per heavy atom. The van der Waals surface area contributed by atoms with E-state index in [1.54, 1.807) is 24.3 Å². The fraction of sp³-hybridized carbons (Fsp3) is 0.0625. The third kappa shape index (κ3) is 3.19. The molecule has 2 aromatic rings. The van der Waals surface area contributed by atoms with Crippen LogP contribution in [0.25, 0.3) is 0 Å². The first-order valence-corrected chi connectivity index (χ1v) is 8.19. The zero-order valence-corrected chi connectivity index (χ0v) is 13.8. The number of nitrogens with zero attached hydrogens (tertiary/aromatic N) is 3. The summed E-state index contributed by atoms with van der Waals surface area (Å²) in [5.41, 5.74) is 0.894. The number of para-hydroxylation sites is 1. The lowest BCUT2D eigenvalue weighted by atomic mass is 10.2. The lowest BCUT2D eigenvalue weighted by Gasteiger charge is -2.14. The zero-order chi connectivity index (χ0) is 17.1. The first-order valence-electron chi connectivity index (χ1n) is 6.91. The maximum atomic E-state index is 12.5. The average molecular weight is 357 g/mol. The van der Waals surface area contributed by atoms with Gasteiger partial charge < -0.3 is 5.11 Å². The molecular formula is C16H11N3O3S2. The minimum Gasteiger partial charge on any atom is -0.478 e. The van der Waals surface area contributed by atoms with Crippen molar-refractivity contribution in [2.24, 2.45) is 10.2 Å². The van der Waals surface area contributed by atoms with Crippen LogP contribution in [0.3, 0.4) is 0 Å². The van der Waals surface area contributed by atoms with Crippen LogP contribution in [0.1, 0.15) is 10.4 Å². The van der Waals surface area contributed by atoms with Crippen molar-refractivity contribution in [1.82, 2.24) is 0 Å². The highest BCUT2D eigenvalue weighted by molar-refractivity contribution is 8.25. The summed E-state index contributed by atoms with van der Waals surface area (Å²) in [4.78, 5) is 25.1.